The van der Waals surface area contributed by atoms with E-state index in [0.717, 1.165) is 37.4 Å². The summed E-state index contributed by atoms with van der Waals surface area (Å²) in [5.74, 6) is 1.30. The number of aryl methyl sites for hydroxylation is 1. The summed E-state index contributed by atoms with van der Waals surface area (Å²) in [6.07, 6.45) is 0.810. The molecule has 1 saturated heterocycles. The molecule has 1 fully saturated rings. The van der Waals surface area contributed by atoms with Gasteiger partial charge in [-0.25, -0.2) is 9.97 Å². The third-order valence-electron chi connectivity index (χ3n) is 3.17. The van der Waals surface area contributed by atoms with Crippen LogP contribution in [0.1, 0.15) is 30.1 Å². The molecule has 0 bridgehead atoms. The Morgan fingerprint density at radius 3 is 2.82 bits per heavy atom. The topological polar surface area (TPSA) is 64.3 Å². The molecular weight excluding hydrogens is 216 g/mol. The zero-order chi connectivity index (χ0) is 12.4. The summed E-state index contributed by atoms with van der Waals surface area (Å²) in [7, 11) is 2.08. The molecule has 0 radical (unpaired) electrons. The summed E-state index contributed by atoms with van der Waals surface area (Å²) >= 11 is 0. The highest BCUT2D eigenvalue weighted by Gasteiger charge is 2.23. The van der Waals surface area contributed by atoms with E-state index in [1.165, 1.54) is 0 Å². The number of hydrogen-bond acceptors (Lipinski definition) is 5. The number of hydrogen-bond donors (Lipinski definition) is 1. The van der Waals surface area contributed by atoms with Crippen molar-refractivity contribution in [2.24, 2.45) is 0 Å². The zero-order valence-electron chi connectivity index (χ0n) is 10.7. The second-order valence-electron chi connectivity index (χ2n) is 4.51. The molecule has 1 atom stereocenters. The smallest absolute Gasteiger partial charge is 0.161 e. The van der Waals surface area contributed by atoms with Crippen LogP contribution in [0.5, 0.6) is 0 Å². The van der Waals surface area contributed by atoms with Crippen molar-refractivity contribution in [1.29, 1.82) is 0 Å². The summed E-state index contributed by atoms with van der Waals surface area (Å²) in [5.41, 5.74) is 7.96. The second kappa shape index (κ2) is 4.98. The molecule has 0 saturated carbocycles. The molecule has 5 nitrogen and oxygen atoms in total. The first-order valence-electron chi connectivity index (χ1n) is 6.04. The second-order valence-corrected chi connectivity index (χ2v) is 4.51. The van der Waals surface area contributed by atoms with Gasteiger partial charge >= 0.3 is 0 Å². The monoisotopic (exact) mass is 236 g/mol. The van der Waals surface area contributed by atoms with Gasteiger partial charge in [0.05, 0.1) is 6.61 Å². The molecule has 2 heterocycles. The van der Waals surface area contributed by atoms with E-state index in [1.807, 2.05) is 6.92 Å². The molecule has 0 amide bonds. The highest BCUT2D eigenvalue weighted by atomic mass is 16.5. The van der Waals surface area contributed by atoms with Crippen LogP contribution in [-0.4, -0.2) is 41.6 Å². The van der Waals surface area contributed by atoms with Crippen molar-refractivity contribution < 1.29 is 4.74 Å². The van der Waals surface area contributed by atoms with Crippen molar-refractivity contribution >= 4 is 5.82 Å². The molecule has 1 aromatic heterocycles. The number of rotatable bonds is 2. The van der Waals surface area contributed by atoms with Gasteiger partial charge in [-0.1, -0.05) is 6.92 Å². The third-order valence-corrected chi connectivity index (χ3v) is 3.17. The number of nitrogens with zero attached hydrogens (tertiary/aromatic N) is 3. The van der Waals surface area contributed by atoms with Gasteiger partial charge in [-0.15, -0.1) is 0 Å². The summed E-state index contributed by atoms with van der Waals surface area (Å²) < 4.78 is 5.70. The van der Waals surface area contributed by atoms with Crippen LogP contribution in [0.2, 0.25) is 0 Å². The van der Waals surface area contributed by atoms with Crippen molar-refractivity contribution in [2.45, 2.75) is 26.4 Å². The van der Waals surface area contributed by atoms with Crippen molar-refractivity contribution in [3.63, 3.8) is 0 Å². The molecule has 5 heteroatoms. The van der Waals surface area contributed by atoms with Crippen LogP contribution in [0, 0.1) is 6.92 Å². The van der Waals surface area contributed by atoms with Gasteiger partial charge in [-0.2, -0.15) is 0 Å². The first-order valence-corrected chi connectivity index (χ1v) is 6.04. The van der Waals surface area contributed by atoms with E-state index in [4.69, 9.17) is 10.5 Å². The van der Waals surface area contributed by atoms with Crippen LogP contribution < -0.4 is 5.73 Å². The fraction of sp³-hybridized carbons (Fsp3) is 0.667. The number of likely N-dealkylation sites (N-methyl/N-ethyl adjacent to an activating group) is 1. The lowest BCUT2D eigenvalue weighted by molar-refractivity contribution is -0.0255. The van der Waals surface area contributed by atoms with Gasteiger partial charge in [-0.3, -0.25) is 0 Å². The average molecular weight is 236 g/mol. The maximum atomic E-state index is 5.95. The Bertz CT molecular complexity index is 384. The molecule has 17 heavy (non-hydrogen) atoms. The maximum Gasteiger partial charge on any atom is 0.161 e. The van der Waals surface area contributed by atoms with Crippen molar-refractivity contribution in [2.75, 3.05) is 32.5 Å². The standard InChI is InChI=1S/C12H20N4O/c1-4-9-8(2)14-12(15-11(9)13)10-7-16(3)5-6-17-10/h10H,4-7H2,1-3H3,(H2,13,14,15). The molecule has 1 unspecified atom stereocenters. The molecular formula is C12H20N4O. The van der Waals surface area contributed by atoms with Gasteiger partial charge in [0.1, 0.15) is 11.9 Å². The van der Waals surface area contributed by atoms with Gasteiger partial charge in [0.2, 0.25) is 0 Å². The van der Waals surface area contributed by atoms with Crippen molar-refractivity contribution in [3.05, 3.63) is 17.1 Å². The molecule has 2 N–H and O–H groups in total. The fourth-order valence-electron chi connectivity index (χ4n) is 2.16. The van der Waals surface area contributed by atoms with Gasteiger partial charge < -0.3 is 15.4 Å². The molecule has 0 spiro atoms. The first kappa shape index (κ1) is 12.3. The number of aromatic nitrogens is 2. The lowest BCUT2D eigenvalue weighted by Crippen LogP contribution is -2.36. The molecule has 2 rings (SSSR count). The van der Waals surface area contributed by atoms with Gasteiger partial charge in [0.15, 0.2) is 5.82 Å². The Balaban J connectivity index is 2.27. The van der Waals surface area contributed by atoms with Crippen LogP contribution in [-0.2, 0) is 11.2 Å². The number of nitrogen functional groups attached to an aromatic ring is 1. The van der Waals surface area contributed by atoms with E-state index < -0.39 is 0 Å². The van der Waals surface area contributed by atoms with E-state index in [1.54, 1.807) is 0 Å². The maximum absolute atomic E-state index is 5.95. The van der Waals surface area contributed by atoms with E-state index in [-0.39, 0.29) is 6.10 Å². The Labute approximate surface area is 102 Å². The third kappa shape index (κ3) is 2.56. The van der Waals surface area contributed by atoms with E-state index in [2.05, 4.69) is 28.8 Å². The molecule has 1 aromatic rings. The van der Waals surface area contributed by atoms with Crippen molar-refractivity contribution in [1.82, 2.24) is 14.9 Å². The summed E-state index contributed by atoms with van der Waals surface area (Å²) in [5, 5.41) is 0. The minimum atomic E-state index is -0.0549. The Kier molecular flexibility index (Phi) is 3.59. The van der Waals surface area contributed by atoms with E-state index >= 15 is 0 Å². The van der Waals surface area contributed by atoms with Gasteiger partial charge in [0.25, 0.3) is 0 Å². The van der Waals surface area contributed by atoms with Crippen LogP contribution in [0.4, 0.5) is 5.82 Å². The lowest BCUT2D eigenvalue weighted by atomic mass is 10.1. The summed E-state index contributed by atoms with van der Waals surface area (Å²) in [4.78, 5) is 11.1. The highest BCUT2D eigenvalue weighted by Crippen LogP contribution is 2.22. The molecule has 0 aromatic carbocycles. The van der Waals surface area contributed by atoms with Crippen LogP contribution in [0.15, 0.2) is 0 Å². The quantitative estimate of drug-likeness (QED) is 0.827. The fourth-order valence-corrected chi connectivity index (χ4v) is 2.16. The van der Waals surface area contributed by atoms with Gasteiger partial charge in [-0.05, 0) is 20.4 Å². The highest BCUT2D eigenvalue weighted by molar-refractivity contribution is 5.42. The largest absolute Gasteiger partial charge is 0.383 e. The number of morpholine rings is 1. The number of anilines is 1. The SMILES string of the molecule is CCc1c(C)nc(C2CN(C)CCO2)nc1N. The minimum Gasteiger partial charge on any atom is -0.383 e. The average Bonchev–Trinajstić information content (AvgIpc) is 2.28. The van der Waals surface area contributed by atoms with Crippen LogP contribution in [0.25, 0.3) is 0 Å². The minimum absolute atomic E-state index is 0.0549. The first-order chi connectivity index (χ1) is 8.11. The molecule has 94 valence electrons. The predicted molar refractivity (Wildman–Crippen MR) is 66.7 cm³/mol. The molecule has 1 aliphatic heterocycles. The lowest BCUT2D eigenvalue weighted by Gasteiger charge is -2.29. The zero-order valence-corrected chi connectivity index (χ0v) is 10.7. The Hall–Kier alpha value is -1.20. The van der Waals surface area contributed by atoms with Crippen LogP contribution in [0.3, 0.4) is 0 Å². The number of nitrogens with two attached hydrogens (primary N) is 1. The number of ether oxygens (including phenoxy) is 1. The Morgan fingerprint density at radius 2 is 2.24 bits per heavy atom. The Morgan fingerprint density at radius 1 is 1.47 bits per heavy atom. The van der Waals surface area contributed by atoms with Crippen LogP contribution >= 0.6 is 0 Å². The summed E-state index contributed by atoms with van der Waals surface area (Å²) in [6, 6.07) is 0. The predicted octanol–water partition coefficient (Wildman–Crippen LogP) is 0.933. The van der Waals surface area contributed by atoms with E-state index in [9.17, 15) is 0 Å². The molecule has 1 aliphatic rings. The summed E-state index contributed by atoms with van der Waals surface area (Å²) in [6.45, 7) is 6.54. The normalized spacial score (nSPS) is 21.7. The van der Waals surface area contributed by atoms with E-state index in [0.29, 0.717) is 11.6 Å². The van der Waals surface area contributed by atoms with Crippen molar-refractivity contribution in [3.8, 4) is 0 Å². The molecule has 0 aliphatic carbocycles. The van der Waals surface area contributed by atoms with Gasteiger partial charge in [0, 0.05) is 24.3 Å².